The Morgan fingerprint density at radius 3 is 2.72 bits per heavy atom. The first-order valence-electron chi connectivity index (χ1n) is 6.13. The Labute approximate surface area is 105 Å². The predicted octanol–water partition coefficient (Wildman–Crippen LogP) is 1.16. The Kier molecular flexibility index (Phi) is 4.52. The summed E-state index contributed by atoms with van der Waals surface area (Å²) < 4.78 is 18.6. The molecule has 1 saturated heterocycles. The van der Waals surface area contributed by atoms with Crippen LogP contribution >= 0.6 is 0 Å². The fourth-order valence-electron chi connectivity index (χ4n) is 2.18. The second kappa shape index (κ2) is 6.13. The average Bonchev–Trinajstić information content (AvgIpc) is 2.76. The number of ether oxygens (including phenoxy) is 1. The number of aromatic hydroxyl groups is 1. The minimum Gasteiger partial charge on any atom is -0.508 e. The monoisotopic (exact) mass is 255 g/mol. The molecule has 0 bridgehead atoms. The summed E-state index contributed by atoms with van der Waals surface area (Å²) in [4.78, 5) is 0. The van der Waals surface area contributed by atoms with Crippen molar-refractivity contribution < 1.29 is 19.3 Å². The van der Waals surface area contributed by atoms with Gasteiger partial charge in [0.15, 0.2) is 0 Å². The molecule has 0 spiro atoms. The molecule has 0 radical (unpaired) electrons. The highest BCUT2D eigenvalue weighted by molar-refractivity contribution is 5.28. The number of halogens is 1. The van der Waals surface area contributed by atoms with Crippen LogP contribution in [-0.4, -0.2) is 35.6 Å². The first-order valence-corrected chi connectivity index (χ1v) is 6.13. The maximum Gasteiger partial charge on any atom is 0.127 e. The van der Waals surface area contributed by atoms with Gasteiger partial charge in [-0.3, -0.25) is 0 Å². The van der Waals surface area contributed by atoms with E-state index in [-0.39, 0.29) is 24.6 Å². The number of nitrogens with one attached hydrogen (secondary N) is 1. The molecule has 0 saturated carbocycles. The zero-order valence-corrected chi connectivity index (χ0v) is 10.1. The standard InChI is InChI=1S/C13H18FNO3/c14-10-3-9(4-11(17)5-10)6-15-7-12-1-2-13(8-16)18-12/h3-5,12-13,15-17H,1-2,6-8H2/t12-,13+/m1/s1. The third-order valence-corrected chi connectivity index (χ3v) is 3.04. The van der Waals surface area contributed by atoms with Gasteiger partial charge in [-0.2, -0.15) is 0 Å². The predicted molar refractivity (Wildman–Crippen MR) is 64.8 cm³/mol. The Balaban J connectivity index is 1.75. The van der Waals surface area contributed by atoms with Crippen LogP contribution in [0.4, 0.5) is 4.39 Å². The van der Waals surface area contributed by atoms with E-state index in [1.807, 2.05) is 0 Å². The highest BCUT2D eigenvalue weighted by Gasteiger charge is 2.23. The minimum atomic E-state index is -0.440. The molecule has 2 atom stereocenters. The quantitative estimate of drug-likeness (QED) is 0.739. The van der Waals surface area contributed by atoms with E-state index < -0.39 is 5.82 Å². The van der Waals surface area contributed by atoms with Crippen molar-refractivity contribution in [2.24, 2.45) is 0 Å². The highest BCUT2D eigenvalue weighted by atomic mass is 19.1. The van der Waals surface area contributed by atoms with E-state index in [9.17, 15) is 9.50 Å². The van der Waals surface area contributed by atoms with Gasteiger partial charge in [-0.05, 0) is 30.5 Å². The Morgan fingerprint density at radius 2 is 2.06 bits per heavy atom. The van der Waals surface area contributed by atoms with Crippen molar-refractivity contribution in [3.63, 3.8) is 0 Å². The van der Waals surface area contributed by atoms with Gasteiger partial charge in [-0.15, -0.1) is 0 Å². The summed E-state index contributed by atoms with van der Waals surface area (Å²) in [5.41, 5.74) is 0.698. The normalized spacial score (nSPS) is 23.4. The lowest BCUT2D eigenvalue weighted by Gasteiger charge is -2.13. The van der Waals surface area contributed by atoms with E-state index in [2.05, 4.69) is 5.32 Å². The second-order valence-electron chi connectivity index (χ2n) is 4.59. The number of phenolic OH excluding ortho intramolecular Hbond substituents is 1. The smallest absolute Gasteiger partial charge is 0.127 e. The van der Waals surface area contributed by atoms with Gasteiger partial charge in [0.1, 0.15) is 11.6 Å². The van der Waals surface area contributed by atoms with Crippen LogP contribution in [-0.2, 0) is 11.3 Å². The zero-order chi connectivity index (χ0) is 13.0. The Bertz CT molecular complexity index is 380. The molecule has 18 heavy (non-hydrogen) atoms. The first-order chi connectivity index (χ1) is 8.67. The third-order valence-electron chi connectivity index (χ3n) is 3.04. The average molecular weight is 255 g/mol. The van der Waals surface area contributed by atoms with E-state index in [1.54, 1.807) is 0 Å². The number of aliphatic hydroxyl groups is 1. The molecule has 1 fully saturated rings. The molecule has 1 aliphatic rings. The fraction of sp³-hybridized carbons (Fsp3) is 0.538. The number of benzene rings is 1. The van der Waals surface area contributed by atoms with E-state index in [1.165, 1.54) is 12.1 Å². The molecular weight excluding hydrogens is 237 g/mol. The first kappa shape index (κ1) is 13.3. The summed E-state index contributed by atoms with van der Waals surface area (Å²) in [6.07, 6.45) is 1.86. The van der Waals surface area contributed by atoms with E-state index in [4.69, 9.17) is 9.84 Å². The van der Waals surface area contributed by atoms with Crippen molar-refractivity contribution in [3.05, 3.63) is 29.6 Å². The van der Waals surface area contributed by atoms with Crippen LogP contribution in [0, 0.1) is 5.82 Å². The van der Waals surface area contributed by atoms with Gasteiger partial charge in [0.2, 0.25) is 0 Å². The molecule has 5 heteroatoms. The van der Waals surface area contributed by atoms with E-state index >= 15 is 0 Å². The van der Waals surface area contributed by atoms with Crippen molar-refractivity contribution in [2.75, 3.05) is 13.2 Å². The molecule has 1 aliphatic heterocycles. The largest absolute Gasteiger partial charge is 0.508 e. The zero-order valence-electron chi connectivity index (χ0n) is 10.1. The Morgan fingerprint density at radius 1 is 1.28 bits per heavy atom. The van der Waals surface area contributed by atoms with Crippen LogP contribution in [0.5, 0.6) is 5.75 Å². The molecule has 2 rings (SSSR count). The van der Waals surface area contributed by atoms with Crippen LogP contribution < -0.4 is 5.32 Å². The van der Waals surface area contributed by atoms with Crippen molar-refractivity contribution in [1.29, 1.82) is 0 Å². The number of aliphatic hydroxyl groups excluding tert-OH is 1. The number of hydrogen-bond donors (Lipinski definition) is 3. The van der Waals surface area contributed by atoms with Crippen LogP contribution in [0.3, 0.4) is 0 Å². The molecule has 0 amide bonds. The maximum atomic E-state index is 13.0. The number of rotatable bonds is 5. The molecule has 0 unspecified atom stereocenters. The summed E-state index contributed by atoms with van der Waals surface area (Å²) in [5, 5.41) is 21.3. The van der Waals surface area contributed by atoms with Crippen molar-refractivity contribution >= 4 is 0 Å². The van der Waals surface area contributed by atoms with Gasteiger partial charge in [0, 0.05) is 19.2 Å². The molecule has 100 valence electrons. The van der Waals surface area contributed by atoms with E-state index in [0.29, 0.717) is 18.7 Å². The van der Waals surface area contributed by atoms with E-state index in [0.717, 1.165) is 18.9 Å². The molecule has 0 aliphatic carbocycles. The van der Waals surface area contributed by atoms with Crippen LogP contribution in [0.1, 0.15) is 18.4 Å². The molecule has 3 N–H and O–H groups in total. The van der Waals surface area contributed by atoms with Gasteiger partial charge in [0.25, 0.3) is 0 Å². The lowest BCUT2D eigenvalue weighted by Crippen LogP contribution is -2.27. The summed E-state index contributed by atoms with van der Waals surface area (Å²) >= 11 is 0. The third kappa shape index (κ3) is 3.66. The molecule has 1 heterocycles. The molecule has 4 nitrogen and oxygen atoms in total. The van der Waals surface area contributed by atoms with Gasteiger partial charge in [-0.1, -0.05) is 0 Å². The topological polar surface area (TPSA) is 61.7 Å². The van der Waals surface area contributed by atoms with Crippen LogP contribution in [0.15, 0.2) is 18.2 Å². The van der Waals surface area contributed by atoms with Crippen molar-refractivity contribution in [3.8, 4) is 5.75 Å². The summed E-state index contributed by atoms with van der Waals surface area (Å²) in [5.74, 6) is -0.506. The van der Waals surface area contributed by atoms with Gasteiger partial charge >= 0.3 is 0 Å². The van der Waals surface area contributed by atoms with Crippen molar-refractivity contribution in [2.45, 2.75) is 31.6 Å². The molecule has 0 aromatic heterocycles. The summed E-state index contributed by atoms with van der Waals surface area (Å²) in [6, 6.07) is 4.00. The second-order valence-corrected chi connectivity index (χ2v) is 4.59. The summed E-state index contributed by atoms with van der Waals surface area (Å²) in [6.45, 7) is 1.21. The number of hydrogen-bond acceptors (Lipinski definition) is 4. The van der Waals surface area contributed by atoms with Gasteiger partial charge < -0.3 is 20.3 Å². The maximum absolute atomic E-state index is 13.0. The van der Waals surface area contributed by atoms with Gasteiger partial charge in [0.05, 0.1) is 18.8 Å². The van der Waals surface area contributed by atoms with Crippen LogP contribution in [0.2, 0.25) is 0 Å². The Hall–Kier alpha value is -1.17. The summed E-state index contributed by atoms with van der Waals surface area (Å²) in [7, 11) is 0. The fourth-order valence-corrected chi connectivity index (χ4v) is 2.18. The SMILES string of the molecule is OC[C@@H]1CC[C@H](CNCc2cc(O)cc(F)c2)O1. The van der Waals surface area contributed by atoms with Crippen LogP contribution in [0.25, 0.3) is 0 Å². The lowest BCUT2D eigenvalue weighted by atomic mass is 10.2. The minimum absolute atomic E-state index is 0.0463. The lowest BCUT2D eigenvalue weighted by molar-refractivity contribution is 0.0123. The molecule has 1 aromatic carbocycles. The number of phenols is 1. The highest BCUT2D eigenvalue weighted by Crippen LogP contribution is 2.19. The molecule has 1 aromatic rings. The molecular formula is C13H18FNO3. The van der Waals surface area contributed by atoms with Crippen molar-refractivity contribution in [1.82, 2.24) is 5.32 Å². The van der Waals surface area contributed by atoms with Gasteiger partial charge in [-0.25, -0.2) is 4.39 Å².